The molecule has 0 spiro atoms. The van der Waals surface area contributed by atoms with Gasteiger partial charge in [0.25, 0.3) is 5.91 Å². The molecule has 1 unspecified atom stereocenters. The maximum atomic E-state index is 12.5. The van der Waals surface area contributed by atoms with Crippen LogP contribution in [0.3, 0.4) is 0 Å². The number of sulfonamides is 1. The predicted octanol–water partition coefficient (Wildman–Crippen LogP) is 0.920. The molecule has 118 valence electrons. The van der Waals surface area contributed by atoms with Crippen LogP contribution in [0.2, 0.25) is 0 Å². The number of hydrogen-bond donors (Lipinski definition) is 1. The summed E-state index contributed by atoms with van der Waals surface area (Å²) < 4.78 is 26.5. The number of nitrogens with one attached hydrogen (secondary N) is 1. The first-order valence-electron chi connectivity index (χ1n) is 7.16. The van der Waals surface area contributed by atoms with Crippen molar-refractivity contribution in [3.05, 3.63) is 30.6 Å². The molecule has 7 nitrogen and oxygen atoms in total. The Hall–Kier alpha value is -1.93. The monoisotopic (exact) mass is 322 g/mol. The van der Waals surface area contributed by atoms with E-state index in [1.165, 1.54) is 15.3 Å². The lowest BCUT2D eigenvalue weighted by molar-refractivity contribution is -0.121. The highest BCUT2D eigenvalue weighted by Crippen LogP contribution is 2.20. The van der Waals surface area contributed by atoms with E-state index in [2.05, 4.69) is 10.4 Å². The molecule has 8 heteroatoms. The summed E-state index contributed by atoms with van der Waals surface area (Å²) in [5.74, 6) is -0.326. The number of amides is 1. The summed E-state index contributed by atoms with van der Waals surface area (Å²) in [5.41, 5.74) is 4.29. The van der Waals surface area contributed by atoms with E-state index >= 15 is 0 Å². The lowest BCUT2D eigenvalue weighted by Gasteiger charge is -2.32. The van der Waals surface area contributed by atoms with Crippen molar-refractivity contribution in [1.29, 1.82) is 0 Å². The van der Waals surface area contributed by atoms with Gasteiger partial charge in [0.15, 0.2) is 0 Å². The van der Waals surface area contributed by atoms with Crippen LogP contribution in [0.1, 0.15) is 19.3 Å². The third-order valence-electron chi connectivity index (χ3n) is 3.87. The second-order valence-electron chi connectivity index (χ2n) is 5.46. The molecular formula is C14H18N4O3S. The average molecular weight is 322 g/mol. The molecule has 22 heavy (non-hydrogen) atoms. The van der Waals surface area contributed by atoms with Crippen molar-refractivity contribution >= 4 is 27.0 Å². The zero-order chi connectivity index (χ0) is 15.7. The van der Waals surface area contributed by atoms with E-state index in [4.69, 9.17) is 0 Å². The van der Waals surface area contributed by atoms with Gasteiger partial charge in [-0.2, -0.15) is 4.31 Å². The number of benzene rings is 1. The topological polar surface area (TPSA) is 84.3 Å². The quantitative estimate of drug-likeness (QED) is 0.911. The van der Waals surface area contributed by atoms with Crippen LogP contribution in [0.5, 0.6) is 0 Å². The van der Waals surface area contributed by atoms with Crippen molar-refractivity contribution in [2.75, 3.05) is 18.2 Å². The summed E-state index contributed by atoms with van der Waals surface area (Å²) in [5, 5.41) is 0. The predicted molar refractivity (Wildman–Crippen MR) is 83.3 cm³/mol. The van der Waals surface area contributed by atoms with Crippen molar-refractivity contribution in [2.24, 2.45) is 0 Å². The zero-order valence-electron chi connectivity index (χ0n) is 12.3. The Labute approximate surface area is 129 Å². The molecule has 1 N–H and O–H groups in total. The summed E-state index contributed by atoms with van der Waals surface area (Å²) in [6.45, 7) is 0.390. The summed E-state index contributed by atoms with van der Waals surface area (Å²) in [6, 6.07) is 6.76. The Morgan fingerprint density at radius 2 is 2.09 bits per heavy atom. The second kappa shape index (κ2) is 5.69. The Balaban J connectivity index is 1.84. The number of hydrogen-bond acceptors (Lipinski definition) is 4. The van der Waals surface area contributed by atoms with Crippen LogP contribution in [0.15, 0.2) is 30.6 Å². The first-order valence-corrected chi connectivity index (χ1v) is 9.01. The van der Waals surface area contributed by atoms with Gasteiger partial charge in [-0.3, -0.25) is 10.2 Å². The molecule has 1 fully saturated rings. The Morgan fingerprint density at radius 3 is 2.86 bits per heavy atom. The first kappa shape index (κ1) is 15.0. The van der Waals surface area contributed by atoms with E-state index in [1.54, 1.807) is 0 Å². The molecule has 3 rings (SSSR count). The molecule has 0 aliphatic carbocycles. The SMILES string of the molecule is CS(=O)(=O)N1CCCCC1C(=O)Nn1cnc2ccccc21. The second-order valence-corrected chi connectivity index (χ2v) is 7.40. The van der Waals surface area contributed by atoms with E-state index < -0.39 is 16.1 Å². The fourth-order valence-corrected chi connectivity index (χ4v) is 3.93. The maximum absolute atomic E-state index is 12.5. The van der Waals surface area contributed by atoms with Crippen molar-refractivity contribution in [3.63, 3.8) is 0 Å². The first-order chi connectivity index (χ1) is 10.5. The molecule has 1 aromatic heterocycles. The van der Waals surface area contributed by atoms with Crippen molar-refractivity contribution in [2.45, 2.75) is 25.3 Å². The smallest absolute Gasteiger partial charge is 0.257 e. The molecular weight excluding hydrogens is 304 g/mol. The molecule has 2 heterocycles. The van der Waals surface area contributed by atoms with Gasteiger partial charge in [-0.25, -0.2) is 18.1 Å². The number of nitrogens with zero attached hydrogens (tertiary/aromatic N) is 3. The minimum absolute atomic E-state index is 0.326. The highest BCUT2D eigenvalue weighted by atomic mass is 32.2. The van der Waals surface area contributed by atoms with E-state index in [-0.39, 0.29) is 5.91 Å². The van der Waals surface area contributed by atoms with Crippen LogP contribution >= 0.6 is 0 Å². The van der Waals surface area contributed by atoms with Gasteiger partial charge in [0.05, 0.1) is 17.3 Å². The number of fused-ring (bicyclic) bond motifs is 1. The van der Waals surface area contributed by atoms with E-state index in [0.717, 1.165) is 30.1 Å². The largest absolute Gasteiger partial charge is 0.271 e. The molecule has 1 aliphatic rings. The number of aromatic nitrogens is 2. The van der Waals surface area contributed by atoms with Gasteiger partial charge >= 0.3 is 0 Å². The molecule has 1 saturated heterocycles. The van der Waals surface area contributed by atoms with Crippen LogP contribution in [-0.4, -0.2) is 47.1 Å². The van der Waals surface area contributed by atoms with Gasteiger partial charge in [0.1, 0.15) is 12.4 Å². The summed E-state index contributed by atoms with van der Waals surface area (Å²) in [7, 11) is -3.39. The van der Waals surface area contributed by atoms with Gasteiger partial charge in [-0.15, -0.1) is 0 Å². The number of carbonyl (C=O) groups is 1. The van der Waals surface area contributed by atoms with Crippen molar-refractivity contribution in [3.8, 4) is 0 Å². The van der Waals surface area contributed by atoms with Crippen LogP contribution in [0.4, 0.5) is 0 Å². The number of piperidine rings is 1. The van der Waals surface area contributed by atoms with Crippen LogP contribution < -0.4 is 5.43 Å². The summed E-state index contributed by atoms with van der Waals surface area (Å²) in [4.78, 5) is 16.7. The molecule has 0 bridgehead atoms. The van der Waals surface area contributed by atoms with E-state index in [1.807, 2.05) is 24.3 Å². The van der Waals surface area contributed by atoms with Gasteiger partial charge in [0, 0.05) is 6.54 Å². The lowest BCUT2D eigenvalue weighted by atomic mass is 10.0. The Bertz CT molecular complexity index is 799. The third-order valence-corrected chi connectivity index (χ3v) is 5.16. The van der Waals surface area contributed by atoms with Crippen molar-refractivity contribution < 1.29 is 13.2 Å². The Morgan fingerprint density at radius 1 is 1.32 bits per heavy atom. The average Bonchev–Trinajstić information content (AvgIpc) is 2.90. The highest BCUT2D eigenvalue weighted by molar-refractivity contribution is 7.88. The molecule has 1 aromatic carbocycles. The number of rotatable bonds is 3. The molecule has 2 aromatic rings. The minimum Gasteiger partial charge on any atom is -0.271 e. The van der Waals surface area contributed by atoms with Crippen LogP contribution in [0, 0.1) is 0 Å². The fraction of sp³-hybridized carbons (Fsp3) is 0.429. The molecule has 0 radical (unpaired) electrons. The summed E-state index contributed by atoms with van der Waals surface area (Å²) >= 11 is 0. The molecule has 1 amide bonds. The summed E-state index contributed by atoms with van der Waals surface area (Å²) in [6.07, 6.45) is 4.83. The maximum Gasteiger partial charge on any atom is 0.257 e. The lowest BCUT2D eigenvalue weighted by Crippen LogP contribution is -2.50. The van der Waals surface area contributed by atoms with Crippen molar-refractivity contribution in [1.82, 2.24) is 14.0 Å². The number of carbonyl (C=O) groups excluding carboxylic acids is 1. The molecule has 1 aliphatic heterocycles. The highest BCUT2D eigenvalue weighted by Gasteiger charge is 2.34. The standard InChI is InChI=1S/C14H18N4O3S/c1-22(20,21)18-9-5-4-8-13(18)14(19)16-17-10-15-11-6-2-3-7-12(11)17/h2-3,6-7,10,13H,4-5,8-9H2,1H3,(H,16,19). The van der Waals surface area contributed by atoms with Gasteiger partial charge < -0.3 is 0 Å². The molecule has 0 saturated carbocycles. The zero-order valence-corrected chi connectivity index (χ0v) is 13.1. The van der Waals surface area contributed by atoms with Crippen LogP contribution in [0.25, 0.3) is 11.0 Å². The number of para-hydroxylation sites is 2. The number of imidazole rings is 1. The Kier molecular flexibility index (Phi) is 3.88. The van der Waals surface area contributed by atoms with E-state index in [0.29, 0.717) is 13.0 Å². The normalized spacial score (nSPS) is 20.1. The fourth-order valence-electron chi connectivity index (χ4n) is 2.81. The van der Waals surface area contributed by atoms with Gasteiger partial charge in [-0.1, -0.05) is 18.6 Å². The molecule has 1 atom stereocenters. The van der Waals surface area contributed by atoms with Gasteiger partial charge in [-0.05, 0) is 25.0 Å². The van der Waals surface area contributed by atoms with E-state index in [9.17, 15) is 13.2 Å². The van der Waals surface area contributed by atoms with Crippen LogP contribution in [-0.2, 0) is 14.8 Å². The third kappa shape index (κ3) is 2.84. The van der Waals surface area contributed by atoms with Gasteiger partial charge in [0.2, 0.25) is 10.0 Å². The minimum atomic E-state index is -3.39.